The zero-order chi connectivity index (χ0) is 17.7. The van der Waals surface area contributed by atoms with Crippen LogP contribution in [0.25, 0.3) is 0 Å². The molecule has 0 spiro atoms. The number of para-hydroxylation sites is 1. The predicted octanol–water partition coefficient (Wildman–Crippen LogP) is 3.66. The number of sulfonamides is 1. The molecule has 0 saturated carbocycles. The highest BCUT2D eigenvalue weighted by molar-refractivity contribution is 7.92. The van der Waals surface area contributed by atoms with E-state index in [-0.39, 0.29) is 5.75 Å². The fourth-order valence-corrected chi connectivity index (χ4v) is 3.64. The van der Waals surface area contributed by atoms with Crippen LogP contribution in [0.5, 0.6) is 0 Å². The lowest BCUT2D eigenvalue weighted by Gasteiger charge is -2.14. The normalized spacial score (nSPS) is 12.5. The lowest BCUT2D eigenvalue weighted by molar-refractivity contribution is -0.118. The number of halogens is 1. The zero-order valence-electron chi connectivity index (χ0n) is 13.4. The lowest BCUT2D eigenvalue weighted by Crippen LogP contribution is -2.29. The minimum absolute atomic E-state index is 0.322. The first-order valence-electron chi connectivity index (χ1n) is 7.39. The molecular weight excluding hydrogens is 348 g/mol. The van der Waals surface area contributed by atoms with Crippen LogP contribution >= 0.6 is 11.6 Å². The van der Waals surface area contributed by atoms with Gasteiger partial charge in [-0.3, -0.25) is 9.52 Å². The first-order valence-corrected chi connectivity index (χ1v) is 9.42. The van der Waals surface area contributed by atoms with Gasteiger partial charge >= 0.3 is 0 Å². The molecule has 1 amide bonds. The maximum absolute atomic E-state index is 12.2. The number of hydrogen-bond donors (Lipinski definition) is 2. The minimum Gasteiger partial charge on any atom is -0.325 e. The van der Waals surface area contributed by atoms with Gasteiger partial charge in [0, 0.05) is 5.69 Å². The third kappa shape index (κ3) is 5.25. The molecule has 2 aromatic rings. The second kappa shape index (κ2) is 7.68. The summed E-state index contributed by atoms with van der Waals surface area (Å²) in [5, 5.41) is 3.04. The molecule has 5 nitrogen and oxygen atoms in total. The van der Waals surface area contributed by atoms with E-state index >= 15 is 0 Å². The molecule has 0 aliphatic rings. The summed E-state index contributed by atoms with van der Waals surface area (Å²) in [5.41, 5.74) is 1.96. The Bertz CT molecular complexity index is 820. The van der Waals surface area contributed by atoms with Crippen LogP contribution in [0, 0.1) is 12.8 Å². The summed E-state index contributed by atoms with van der Waals surface area (Å²) in [4.78, 5) is 12.2. The maximum Gasteiger partial charge on any atom is 0.233 e. The molecule has 0 aliphatic heterocycles. The van der Waals surface area contributed by atoms with E-state index in [0.29, 0.717) is 16.4 Å². The highest BCUT2D eigenvalue weighted by Crippen LogP contribution is 2.21. The Morgan fingerprint density at radius 1 is 1.12 bits per heavy atom. The van der Waals surface area contributed by atoms with Gasteiger partial charge in [-0.1, -0.05) is 48.4 Å². The molecule has 7 heteroatoms. The Morgan fingerprint density at radius 3 is 2.38 bits per heavy atom. The third-order valence-corrected chi connectivity index (χ3v) is 5.19. The molecule has 1 atom stereocenters. The van der Waals surface area contributed by atoms with Crippen LogP contribution in [0.15, 0.2) is 48.5 Å². The summed E-state index contributed by atoms with van der Waals surface area (Å²) >= 11 is 5.98. The Labute approximate surface area is 147 Å². The van der Waals surface area contributed by atoms with E-state index in [4.69, 9.17) is 11.6 Å². The number of nitrogens with one attached hydrogen (secondary N) is 2. The van der Waals surface area contributed by atoms with Crippen LogP contribution in [-0.2, 0) is 14.8 Å². The van der Waals surface area contributed by atoms with Crippen molar-refractivity contribution in [3.05, 3.63) is 59.1 Å². The quantitative estimate of drug-likeness (QED) is 0.819. The largest absolute Gasteiger partial charge is 0.325 e. The fraction of sp³-hybridized carbons (Fsp3) is 0.235. The van der Waals surface area contributed by atoms with E-state index < -0.39 is 21.8 Å². The first kappa shape index (κ1) is 18.3. The van der Waals surface area contributed by atoms with Gasteiger partial charge in [0.15, 0.2) is 0 Å². The number of aryl methyl sites for hydroxylation is 1. The Hall–Kier alpha value is -2.05. The van der Waals surface area contributed by atoms with Gasteiger partial charge in [0.2, 0.25) is 15.9 Å². The third-order valence-electron chi connectivity index (χ3n) is 3.37. The molecule has 0 fully saturated rings. The van der Waals surface area contributed by atoms with Crippen molar-refractivity contribution < 1.29 is 13.2 Å². The number of carbonyl (C=O) groups is 1. The number of rotatable bonds is 6. The van der Waals surface area contributed by atoms with Crippen molar-refractivity contribution in [2.24, 2.45) is 5.92 Å². The Balaban J connectivity index is 1.99. The Morgan fingerprint density at radius 2 is 1.75 bits per heavy atom. The van der Waals surface area contributed by atoms with Crippen molar-refractivity contribution in [1.29, 1.82) is 0 Å². The smallest absolute Gasteiger partial charge is 0.233 e. The molecule has 2 N–H and O–H groups in total. The Kier molecular flexibility index (Phi) is 5.85. The number of hydrogen-bond acceptors (Lipinski definition) is 3. The van der Waals surface area contributed by atoms with Crippen molar-refractivity contribution in [3.8, 4) is 0 Å². The molecule has 0 saturated heterocycles. The summed E-state index contributed by atoms with van der Waals surface area (Å²) in [6.45, 7) is 3.47. The molecule has 1 unspecified atom stereocenters. The van der Waals surface area contributed by atoms with E-state index in [1.54, 1.807) is 43.3 Å². The lowest BCUT2D eigenvalue weighted by atomic mass is 10.2. The summed E-state index contributed by atoms with van der Waals surface area (Å²) in [7, 11) is -3.64. The molecule has 2 rings (SSSR count). The molecule has 0 aromatic heterocycles. The number of benzene rings is 2. The molecule has 2 aromatic carbocycles. The average Bonchev–Trinajstić information content (AvgIpc) is 2.51. The van der Waals surface area contributed by atoms with E-state index in [2.05, 4.69) is 10.0 Å². The van der Waals surface area contributed by atoms with Gasteiger partial charge < -0.3 is 5.32 Å². The molecule has 0 radical (unpaired) electrons. The SMILES string of the molecule is Cc1ccc(NS(=O)(=O)CC(C)C(=O)Nc2ccccc2Cl)cc1. The number of anilines is 2. The molecular formula is C17H19ClN2O3S. The standard InChI is InChI=1S/C17H19ClN2O3S/c1-12-7-9-14(10-8-12)20-24(22,23)11-13(2)17(21)19-16-6-4-3-5-15(16)18/h3-10,13,20H,11H2,1-2H3,(H,19,21). The van der Waals surface area contributed by atoms with Crippen molar-refractivity contribution in [1.82, 2.24) is 0 Å². The van der Waals surface area contributed by atoms with Gasteiger partial charge in [-0.25, -0.2) is 8.42 Å². The second-order valence-corrected chi connectivity index (χ2v) is 7.79. The van der Waals surface area contributed by atoms with Crippen LogP contribution in [-0.4, -0.2) is 20.1 Å². The summed E-state index contributed by atoms with van der Waals surface area (Å²) in [6, 6.07) is 13.8. The zero-order valence-corrected chi connectivity index (χ0v) is 15.0. The fourth-order valence-electron chi connectivity index (χ4n) is 2.07. The van der Waals surface area contributed by atoms with Gasteiger partial charge in [0.05, 0.1) is 22.4 Å². The van der Waals surface area contributed by atoms with E-state index in [9.17, 15) is 13.2 Å². The highest BCUT2D eigenvalue weighted by Gasteiger charge is 2.22. The monoisotopic (exact) mass is 366 g/mol. The summed E-state index contributed by atoms with van der Waals surface area (Å²) in [5.74, 6) is -1.46. The first-order chi connectivity index (χ1) is 11.3. The van der Waals surface area contributed by atoms with Gasteiger partial charge in [0.1, 0.15) is 0 Å². The molecule has 0 bridgehead atoms. The number of amides is 1. The van der Waals surface area contributed by atoms with Crippen LogP contribution in [0.4, 0.5) is 11.4 Å². The van der Waals surface area contributed by atoms with E-state index in [1.165, 1.54) is 0 Å². The van der Waals surface area contributed by atoms with Crippen LogP contribution in [0.2, 0.25) is 5.02 Å². The van der Waals surface area contributed by atoms with Crippen molar-refractivity contribution >= 4 is 38.9 Å². The van der Waals surface area contributed by atoms with Crippen molar-refractivity contribution in [3.63, 3.8) is 0 Å². The minimum atomic E-state index is -3.64. The number of carbonyl (C=O) groups excluding carboxylic acids is 1. The molecule has 0 aliphatic carbocycles. The summed E-state index contributed by atoms with van der Waals surface area (Å²) < 4.78 is 26.9. The van der Waals surface area contributed by atoms with Crippen LogP contribution < -0.4 is 10.0 Å². The average molecular weight is 367 g/mol. The van der Waals surface area contributed by atoms with E-state index in [0.717, 1.165) is 5.56 Å². The van der Waals surface area contributed by atoms with Crippen LogP contribution in [0.3, 0.4) is 0 Å². The molecule has 24 heavy (non-hydrogen) atoms. The predicted molar refractivity (Wildman–Crippen MR) is 97.8 cm³/mol. The second-order valence-electron chi connectivity index (χ2n) is 5.62. The van der Waals surface area contributed by atoms with Crippen molar-refractivity contribution in [2.75, 3.05) is 15.8 Å². The van der Waals surface area contributed by atoms with Crippen molar-refractivity contribution in [2.45, 2.75) is 13.8 Å². The molecule has 128 valence electrons. The topological polar surface area (TPSA) is 75.3 Å². The summed E-state index contributed by atoms with van der Waals surface area (Å²) in [6.07, 6.45) is 0. The van der Waals surface area contributed by atoms with Gasteiger partial charge in [-0.2, -0.15) is 0 Å². The van der Waals surface area contributed by atoms with E-state index in [1.807, 2.05) is 19.1 Å². The maximum atomic E-state index is 12.2. The highest BCUT2D eigenvalue weighted by atomic mass is 35.5. The molecule has 0 heterocycles. The van der Waals surface area contributed by atoms with Gasteiger partial charge in [0.25, 0.3) is 0 Å². The van der Waals surface area contributed by atoms with Crippen LogP contribution in [0.1, 0.15) is 12.5 Å². The van der Waals surface area contributed by atoms with Gasteiger partial charge in [-0.05, 0) is 31.2 Å². The van der Waals surface area contributed by atoms with Gasteiger partial charge in [-0.15, -0.1) is 0 Å².